The highest BCUT2D eigenvalue weighted by atomic mass is 79.9. The molecule has 1 aliphatic heterocycles. The van der Waals surface area contributed by atoms with Gasteiger partial charge in [-0.05, 0) is 96.1 Å². The highest BCUT2D eigenvalue weighted by Gasteiger charge is 2.64. The van der Waals surface area contributed by atoms with Gasteiger partial charge in [0, 0.05) is 88.0 Å². The van der Waals surface area contributed by atoms with E-state index in [1.54, 1.807) is 29.4 Å². The number of nitrogens with zero attached hydrogens (tertiary/aromatic N) is 6. The maximum atomic E-state index is 14.1. The summed E-state index contributed by atoms with van der Waals surface area (Å²) in [5.74, 6) is -2.74. The van der Waals surface area contributed by atoms with Crippen molar-refractivity contribution in [3.8, 4) is 11.1 Å². The quantitative estimate of drug-likeness (QED) is 0.0156. The zero-order valence-corrected chi connectivity index (χ0v) is 54.7. The van der Waals surface area contributed by atoms with Crippen LogP contribution in [0, 0.1) is 12.3 Å². The normalized spacial score (nSPS) is 16.1. The second-order valence-electron chi connectivity index (χ2n) is 24.1. The summed E-state index contributed by atoms with van der Waals surface area (Å²) in [4.78, 5) is 128. The molecule has 4 heterocycles. The monoisotopic (exact) mass is 1330 g/mol. The van der Waals surface area contributed by atoms with Gasteiger partial charge in [-0.15, -0.1) is 0 Å². The van der Waals surface area contributed by atoms with Crippen LogP contribution in [-0.2, 0) is 70.3 Å². The van der Waals surface area contributed by atoms with Crippen LogP contribution in [0.5, 0.6) is 0 Å². The van der Waals surface area contributed by atoms with Crippen LogP contribution in [-0.4, -0.2) is 170 Å². The number of hydrogen-bond acceptors (Lipinski definition) is 17. The van der Waals surface area contributed by atoms with Crippen LogP contribution in [0.3, 0.4) is 0 Å². The molecule has 0 spiro atoms. The zero-order chi connectivity index (χ0) is 65.5. The number of carboxylic acid groups (broad SMARTS) is 2. The number of unbranched alkanes of at least 4 members (excludes halogenated alkanes) is 13. The summed E-state index contributed by atoms with van der Waals surface area (Å²) in [6.07, 6.45) is 21.3. The van der Waals surface area contributed by atoms with Gasteiger partial charge in [-0.2, -0.15) is 5.10 Å². The lowest BCUT2D eigenvalue weighted by Crippen LogP contribution is -2.47. The lowest BCUT2D eigenvalue weighted by atomic mass is 10.0. The molecule has 6 rings (SSSR count). The molecule has 1 saturated carbocycles. The zero-order valence-electron chi connectivity index (χ0n) is 53.1. The van der Waals surface area contributed by atoms with Crippen molar-refractivity contribution in [3.05, 3.63) is 64.4 Å². The summed E-state index contributed by atoms with van der Waals surface area (Å²) in [5.41, 5.74) is 2.84. The first kappa shape index (κ1) is 73.1. The van der Waals surface area contributed by atoms with Gasteiger partial charge >= 0.3 is 11.9 Å². The number of carboxylic acids is 2. The molecule has 0 unspecified atom stereocenters. The number of aromatic nitrogens is 5. The maximum absolute atomic E-state index is 14.1. The number of benzene rings is 1. The number of likely N-dealkylation sites (tertiary alicyclic amines) is 1. The number of anilines is 1. The number of pyridine rings is 1. The fraction of sp³-hybridized carbons (Fsp3) is 0.621. The maximum Gasteiger partial charge on any atom is 0.326 e. The molecule has 498 valence electrons. The minimum Gasteiger partial charge on any atom is -0.481 e. The number of Topliss-reactive ketones (excluding diaryl/α,β-unsaturated/α-hetero) is 3. The number of ketones is 3. The van der Waals surface area contributed by atoms with E-state index in [4.69, 9.17) is 24.1 Å². The molecule has 24 nitrogen and oxygen atoms in total. The highest BCUT2D eigenvalue weighted by Crippen LogP contribution is 2.59. The number of carbonyl (C=O) groups is 9. The van der Waals surface area contributed by atoms with Crippen molar-refractivity contribution >= 4 is 85.6 Å². The fourth-order valence-corrected chi connectivity index (χ4v) is 11.5. The molecule has 3 aromatic heterocycles. The first-order chi connectivity index (χ1) is 43.8. The predicted molar refractivity (Wildman–Crippen MR) is 342 cm³/mol. The second-order valence-corrected chi connectivity index (χ2v) is 24.9. The lowest BCUT2D eigenvalue weighted by molar-refractivity contribution is -0.142. The van der Waals surface area contributed by atoms with Crippen LogP contribution in [0.1, 0.15) is 183 Å². The summed E-state index contributed by atoms with van der Waals surface area (Å²) in [5, 5.41) is 31.6. The highest BCUT2D eigenvalue weighted by molar-refractivity contribution is 9.10. The van der Waals surface area contributed by atoms with Gasteiger partial charge in [0.2, 0.25) is 23.6 Å². The van der Waals surface area contributed by atoms with Crippen molar-refractivity contribution in [3.63, 3.8) is 0 Å². The Morgan fingerprint density at radius 3 is 1.96 bits per heavy atom. The summed E-state index contributed by atoms with van der Waals surface area (Å²) >= 11 is 3.36. The van der Waals surface area contributed by atoms with Crippen LogP contribution in [0.4, 0.5) is 5.82 Å². The van der Waals surface area contributed by atoms with E-state index in [9.17, 15) is 48.3 Å². The van der Waals surface area contributed by atoms with Gasteiger partial charge in [-0.25, -0.2) is 19.7 Å². The van der Waals surface area contributed by atoms with Gasteiger partial charge in [0.15, 0.2) is 11.6 Å². The third-order valence-corrected chi connectivity index (χ3v) is 16.9. The first-order valence-electron chi connectivity index (χ1n) is 32.2. The minimum absolute atomic E-state index is 0.0185. The van der Waals surface area contributed by atoms with Gasteiger partial charge in [-0.3, -0.25) is 43.0 Å². The predicted octanol–water partition coefficient (Wildman–Crippen LogP) is 8.89. The second kappa shape index (κ2) is 38.8. The summed E-state index contributed by atoms with van der Waals surface area (Å²) in [7, 11) is 0. The number of aliphatic carboxylic acids is 2. The third-order valence-electron chi connectivity index (χ3n) is 16.5. The van der Waals surface area contributed by atoms with Crippen molar-refractivity contribution in [2.75, 3.05) is 64.7 Å². The van der Waals surface area contributed by atoms with Gasteiger partial charge in [-0.1, -0.05) is 96.1 Å². The van der Waals surface area contributed by atoms with Crippen molar-refractivity contribution in [1.82, 2.24) is 40.3 Å². The molecule has 1 aliphatic carbocycles. The number of fused-ring (bicyclic) bond motifs is 2. The molecule has 1 saturated heterocycles. The van der Waals surface area contributed by atoms with Crippen LogP contribution < -0.4 is 16.0 Å². The van der Waals surface area contributed by atoms with Crippen LogP contribution in [0.15, 0.2) is 47.3 Å². The molecule has 25 heteroatoms. The average molecular weight is 1330 g/mol. The fourth-order valence-electron chi connectivity index (χ4n) is 11.2. The van der Waals surface area contributed by atoms with E-state index in [0.717, 1.165) is 62.5 Å². The van der Waals surface area contributed by atoms with Crippen LogP contribution in [0.2, 0.25) is 0 Å². The Morgan fingerprint density at radius 2 is 1.31 bits per heavy atom. The van der Waals surface area contributed by atoms with Gasteiger partial charge < -0.3 is 50.0 Å². The van der Waals surface area contributed by atoms with Gasteiger partial charge in [0.1, 0.15) is 59.6 Å². The Labute approximate surface area is 541 Å². The molecule has 4 amide bonds. The SMILES string of the molecule is CC(=O)c1nn(CC(=O)N2[C@H](C(=O)Nc3nc(Br)ccc3C)C[C@@]3(C)C[C@@H]23)c2ccc(-c3cnc(CCC(=O)COCCOCCNC(=O)COCCOCCCC(=O)CC[C@H](NC(=O)CCCCCCCCCCCCCCCCC(=O)O)C(=O)O)nc3)cc12. The Hall–Kier alpha value is -6.93. The van der Waals surface area contributed by atoms with E-state index in [1.807, 2.05) is 25.1 Å². The van der Waals surface area contributed by atoms with Crippen molar-refractivity contribution < 1.29 is 72.3 Å². The van der Waals surface area contributed by atoms with Crippen LogP contribution in [0.25, 0.3) is 22.0 Å². The van der Waals surface area contributed by atoms with E-state index in [0.29, 0.717) is 58.4 Å². The molecule has 2 aliphatic rings. The van der Waals surface area contributed by atoms with E-state index < -0.39 is 24.0 Å². The number of carbonyl (C=O) groups excluding carboxylic acids is 7. The largest absolute Gasteiger partial charge is 0.481 e. The molecule has 2 fully saturated rings. The summed E-state index contributed by atoms with van der Waals surface area (Å²) in [6, 6.07) is 7.22. The number of halogens is 1. The standard InChI is InChI=1S/C66H92BrN9O15/c1-45-22-28-56(67)72-63(45)73-64(85)54-38-66(3)39-55(66)76(54)60(82)42-75-53-27-23-47(37-51(53)62(74-75)46(2)77)48-40-69-57(70-41-48)29-25-50(79)43-90-35-34-89-32-30-68-59(81)44-91-36-33-88-31-18-19-49(78)24-26-52(65(86)87)71-58(80)20-16-14-12-10-8-6-4-5-7-9-11-13-15-17-21-61(83)84/h22-23,27-28,37,40-41,52,54-55H,4-21,24-26,29-36,38-39,42-44H2,1-3H3,(H,68,81)(H,71,80)(H,83,84)(H,86,87)(H,72,73,85)/t52-,54-,55+,66-/m0/s1. The number of amides is 4. The first-order valence-corrected chi connectivity index (χ1v) is 33.0. The van der Waals surface area contributed by atoms with Gasteiger partial charge in [0.05, 0.1) is 38.6 Å². The Morgan fingerprint density at radius 1 is 0.681 bits per heavy atom. The van der Waals surface area contributed by atoms with Crippen molar-refractivity contribution in [2.45, 2.75) is 200 Å². The number of aryl methyl sites for hydroxylation is 2. The molecule has 91 heavy (non-hydrogen) atoms. The molecule has 4 aromatic rings. The number of rotatable bonds is 48. The van der Waals surface area contributed by atoms with Crippen LogP contribution >= 0.6 is 15.9 Å². The number of ether oxygens (including phenoxy) is 4. The Bertz CT molecular complexity index is 3070. The number of piperidine rings is 1. The summed E-state index contributed by atoms with van der Waals surface area (Å²) < 4.78 is 23.9. The van der Waals surface area contributed by atoms with E-state index in [1.165, 1.54) is 50.1 Å². The van der Waals surface area contributed by atoms with E-state index >= 15 is 0 Å². The molecular weight excluding hydrogens is 1240 g/mol. The Balaban J connectivity index is 0.736. The molecule has 1 aromatic carbocycles. The minimum atomic E-state index is -1.17. The molecular formula is C66H92BrN9O15. The van der Waals surface area contributed by atoms with E-state index in [2.05, 4.69) is 58.9 Å². The van der Waals surface area contributed by atoms with Gasteiger partial charge in [0.25, 0.3) is 0 Å². The van der Waals surface area contributed by atoms with Crippen molar-refractivity contribution in [1.29, 1.82) is 0 Å². The number of nitrogens with one attached hydrogen (secondary N) is 3. The molecule has 0 radical (unpaired) electrons. The topological polar surface area (TPSA) is 327 Å². The average Bonchev–Trinajstić information content (AvgIpc) is 1.55. The lowest BCUT2D eigenvalue weighted by Gasteiger charge is -2.27. The summed E-state index contributed by atoms with van der Waals surface area (Å²) in [6.45, 7) is 6.43. The van der Waals surface area contributed by atoms with Crippen molar-refractivity contribution in [2.24, 2.45) is 5.41 Å². The van der Waals surface area contributed by atoms with E-state index in [-0.39, 0.29) is 163 Å². The molecule has 5 N–H and O–H groups in total. The smallest absolute Gasteiger partial charge is 0.326 e. The Kier molecular flexibility index (Phi) is 31.2. The third kappa shape index (κ3) is 25.6. The molecule has 4 atom stereocenters. The number of hydrogen-bond donors (Lipinski definition) is 5. The molecule has 0 bridgehead atoms.